The lowest BCUT2D eigenvalue weighted by Crippen LogP contribution is -2.10. The highest BCUT2D eigenvalue weighted by Crippen LogP contribution is 2.28. The van der Waals surface area contributed by atoms with E-state index in [1.807, 2.05) is 10.6 Å². The van der Waals surface area contributed by atoms with E-state index in [0.717, 1.165) is 24.4 Å². The standard InChI is InChI=1S/C16H22FN3/c1-5-14-19-15(16(18)20(14)9-10(2)3)12-7-6-11(4)13(17)8-12/h6-8,10H,5,9,18H2,1-4H3. The van der Waals surface area contributed by atoms with Crippen LogP contribution in [0.3, 0.4) is 0 Å². The van der Waals surface area contributed by atoms with E-state index in [4.69, 9.17) is 5.73 Å². The number of benzene rings is 1. The summed E-state index contributed by atoms with van der Waals surface area (Å²) >= 11 is 0. The number of halogens is 1. The minimum atomic E-state index is -0.224. The van der Waals surface area contributed by atoms with E-state index < -0.39 is 0 Å². The van der Waals surface area contributed by atoms with E-state index in [1.165, 1.54) is 6.07 Å². The van der Waals surface area contributed by atoms with Gasteiger partial charge >= 0.3 is 0 Å². The van der Waals surface area contributed by atoms with Gasteiger partial charge in [0, 0.05) is 18.5 Å². The summed E-state index contributed by atoms with van der Waals surface area (Å²) in [5.74, 6) is 1.84. The highest BCUT2D eigenvalue weighted by molar-refractivity contribution is 5.71. The number of hydrogen-bond donors (Lipinski definition) is 1. The van der Waals surface area contributed by atoms with Crippen LogP contribution in [0.2, 0.25) is 0 Å². The lowest BCUT2D eigenvalue weighted by molar-refractivity contribution is 0.513. The van der Waals surface area contributed by atoms with Gasteiger partial charge in [0.2, 0.25) is 0 Å². The second-order valence-corrected chi connectivity index (χ2v) is 5.58. The van der Waals surface area contributed by atoms with Crippen molar-refractivity contribution in [3.05, 3.63) is 35.4 Å². The Morgan fingerprint density at radius 1 is 1.35 bits per heavy atom. The molecule has 1 heterocycles. The molecule has 2 rings (SSSR count). The first-order valence-corrected chi connectivity index (χ1v) is 7.05. The topological polar surface area (TPSA) is 43.8 Å². The maximum atomic E-state index is 13.7. The molecule has 0 saturated heterocycles. The molecule has 20 heavy (non-hydrogen) atoms. The van der Waals surface area contributed by atoms with Gasteiger partial charge in [-0.15, -0.1) is 0 Å². The molecule has 0 radical (unpaired) electrons. The fourth-order valence-electron chi connectivity index (χ4n) is 2.30. The van der Waals surface area contributed by atoms with Gasteiger partial charge in [0.1, 0.15) is 23.2 Å². The first-order valence-electron chi connectivity index (χ1n) is 7.05. The van der Waals surface area contributed by atoms with E-state index in [2.05, 4.69) is 25.8 Å². The van der Waals surface area contributed by atoms with Gasteiger partial charge in [-0.2, -0.15) is 0 Å². The van der Waals surface area contributed by atoms with Crippen LogP contribution in [0.25, 0.3) is 11.3 Å². The molecule has 0 spiro atoms. The minimum absolute atomic E-state index is 0.224. The van der Waals surface area contributed by atoms with E-state index in [9.17, 15) is 4.39 Å². The molecule has 0 unspecified atom stereocenters. The molecule has 0 aliphatic carbocycles. The van der Waals surface area contributed by atoms with Crippen LogP contribution in [0, 0.1) is 18.7 Å². The molecule has 0 atom stereocenters. The number of nitrogens with two attached hydrogens (primary N) is 1. The van der Waals surface area contributed by atoms with Gasteiger partial charge in [-0.1, -0.05) is 32.9 Å². The normalized spacial score (nSPS) is 11.3. The van der Waals surface area contributed by atoms with Crippen molar-refractivity contribution < 1.29 is 4.39 Å². The zero-order chi connectivity index (χ0) is 14.9. The van der Waals surface area contributed by atoms with E-state index in [-0.39, 0.29) is 5.82 Å². The van der Waals surface area contributed by atoms with Gasteiger partial charge in [0.25, 0.3) is 0 Å². The Balaban J connectivity index is 2.51. The van der Waals surface area contributed by atoms with Crippen molar-refractivity contribution in [2.24, 2.45) is 5.92 Å². The largest absolute Gasteiger partial charge is 0.383 e. The predicted octanol–water partition coefficient (Wildman–Crippen LogP) is 3.80. The van der Waals surface area contributed by atoms with Crippen LogP contribution in [0.5, 0.6) is 0 Å². The first kappa shape index (κ1) is 14.6. The molecule has 3 nitrogen and oxygen atoms in total. The van der Waals surface area contributed by atoms with E-state index in [1.54, 1.807) is 13.0 Å². The average Bonchev–Trinajstić information content (AvgIpc) is 2.70. The third-order valence-electron chi connectivity index (χ3n) is 3.40. The van der Waals surface area contributed by atoms with Crippen LogP contribution >= 0.6 is 0 Å². The summed E-state index contributed by atoms with van der Waals surface area (Å²) in [4.78, 5) is 4.59. The third-order valence-corrected chi connectivity index (χ3v) is 3.40. The first-order chi connectivity index (χ1) is 9.43. The molecule has 0 saturated carbocycles. The Morgan fingerprint density at radius 2 is 2.05 bits per heavy atom. The summed E-state index contributed by atoms with van der Waals surface area (Å²) in [6.07, 6.45) is 0.811. The number of nitrogen functional groups attached to an aromatic ring is 1. The number of imidazole rings is 1. The lowest BCUT2D eigenvalue weighted by atomic mass is 10.1. The molecular weight excluding hydrogens is 253 g/mol. The second-order valence-electron chi connectivity index (χ2n) is 5.58. The van der Waals surface area contributed by atoms with Crippen LogP contribution in [0.1, 0.15) is 32.2 Å². The zero-order valence-corrected chi connectivity index (χ0v) is 12.6. The summed E-state index contributed by atoms with van der Waals surface area (Å²) in [6, 6.07) is 5.14. The van der Waals surface area contributed by atoms with Crippen molar-refractivity contribution in [2.75, 3.05) is 5.73 Å². The summed E-state index contributed by atoms with van der Waals surface area (Å²) in [5, 5.41) is 0. The summed E-state index contributed by atoms with van der Waals surface area (Å²) in [7, 11) is 0. The van der Waals surface area contributed by atoms with Crippen molar-refractivity contribution in [3.8, 4) is 11.3 Å². The number of hydrogen-bond acceptors (Lipinski definition) is 2. The van der Waals surface area contributed by atoms with Crippen LogP contribution in [0.4, 0.5) is 10.2 Å². The lowest BCUT2D eigenvalue weighted by Gasteiger charge is -2.11. The molecule has 2 N–H and O–H groups in total. The molecule has 0 bridgehead atoms. The molecule has 0 aliphatic heterocycles. The fourth-order valence-corrected chi connectivity index (χ4v) is 2.30. The average molecular weight is 275 g/mol. The van der Waals surface area contributed by atoms with E-state index >= 15 is 0 Å². The second kappa shape index (κ2) is 5.65. The number of aromatic nitrogens is 2. The van der Waals surface area contributed by atoms with Crippen LogP contribution < -0.4 is 5.73 Å². The van der Waals surface area contributed by atoms with Gasteiger partial charge < -0.3 is 10.3 Å². The van der Waals surface area contributed by atoms with Crippen LogP contribution in [0.15, 0.2) is 18.2 Å². The molecule has 108 valence electrons. The highest BCUT2D eigenvalue weighted by Gasteiger charge is 2.16. The number of anilines is 1. The molecule has 1 aromatic carbocycles. The maximum Gasteiger partial charge on any atom is 0.131 e. The third kappa shape index (κ3) is 2.69. The number of nitrogens with zero attached hydrogens (tertiary/aromatic N) is 2. The van der Waals surface area contributed by atoms with Crippen LogP contribution in [-0.2, 0) is 13.0 Å². The Morgan fingerprint density at radius 3 is 2.60 bits per heavy atom. The van der Waals surface area contributed by atoms with Crippen molar-refractivity contribution >= 4 is 5.82 Å². The van der Waals surface area contributed by atoms with Gasteiger partial charge in [-0.05, 0) is 24.5 Å². The highest BCUT2D eigenvalue weighted by atomic mass is 19.1. The maximum absolute atomic E-state index is 13.7. The minimum Gasteiger partial charge on any atom is -0.383 e. The number of rotatable bonds is 4. The van der Waals surface area contributed by atoms with Crippen molar-refractivity contribution in [1.29, 1.82) is 0 Å². The summed E-state index contributed by atoms with van der Waals surface area (Å²) in [6.45, 7) is 8.92. The van der Waals surface area contributed by atoms with Crippen molar-refractivity contribution in [1.82, 2.24) is 9.55 Å². The Labute approximate surface area is 119 Å². The molecule has 0 fully saturated rings. The Kier molecular flexibility index (Phi) is 4.12. The van der Waals surface area contributed by atoms with Crippen molar-refractivity contribution in [2.45, 2.75) is 40.7 Å². The Hall–Kier alpha value is -1.84. The Bertz CT molecular complexity index is 614. The van der Waals surface area contributed by atoms with Gasteiger partial charge in [0.15, 0.2) is 0 Å². The quantitative estimate of drug-likeness (QED) is 0.922. The molecule has 0 amide bonds. The predicted molar refractivity (Wildman–Crippen MR) is 81.0 cm³/mol. The monoisotopic (exact) mass is 275 g/mol. The van der Waals surface area contributed by atoms with Crippen LogP contribution in [-0.4, -0.2) is 9.55 Å². The van der Waals surface area contributed by atoms with Gasteiger partial charge in [-0.3, -0.25) is 0 Å². The summed E-state index contributed by atoms with van der Waals surface area (Å²) in [5.41, 5.74) is 8.28. The number of aryl methyl sites for hydroxylation is 2. The fraction of sp³-hybridized carbons (Fsp3) is 0.438. The molecule has 1 aromatic heterocycles. The molecule has 2 aromatic rings. The van der Waals surface area contributed by atoms with Gasteiger partial charge in [0.05, 0.1) is 0 Å². The molecular formula is C16H22FN3. The molecule has 4 heteroatoms. The SMILES string of the molecule is CCc1nc(-c2ccc(C)c(F)c2)c(N)n1CC(C)C. The van der Waals surface area contributed by atoms with E-state index in [0.29, 0.717) is 23.0 Å². The smallest absolute Gasteiger partial charge is 0.131 e. The zero-order valence-electron chi connectivity index (χ0n) is 12.6. The van der Waals surface area contributed by atoms with Crippen molar-refractivity contribution in [3.63, 3.8) is 0 Å². The summed E-state index contributed by atoms with van der Waals surface area (Å²) < 4.78 is 15.8. The van der Waals surface area contributed by atoms with Gasteiger partial charge in [-0.25, -0.2) is 9.37 Å². The molecule has 0 aliphatic rings.